The molecule has 0 saturated carbocycles. The number of hydrazine groups is 1. The van der Waals surface area contributed by atoms with E-state index in [-0.39, 0.29) is 24.3 Å². The minimum Gasteiger partial charge on any atom is -0.457 e. The molecule has 0 aliphatic carbocycles. The first-order valence-electron chi connectivity index (χ1n) is 10.0. The van der Waals surface area contributed by atoms with Gasteiger partial charge in [0.15, 0.2) is 12.0 Å². The molecule has 5 rings (SSSR count). The first-order chi connectivity index (χ1) is 14.4. The summed E-state index contributed by atoms with van der Waals surface area (Å²) in [5, 5.41) is 6.36. The van der Waals surface area contributed by atoms with Crippen LogP contribution in [0.1, 0.15) is 13.8 Å². The number of amides is 2. The zero-order valence-electron chi connectivity index (χ0n) is 17.1. The van der Waals surface area contributed by atoms with E-state index in [0.29, 0.717) is 18.0 Å². The summed E-state index contributed by atoms with van der Waals surface area (Å²) in [6.45, 7) is 4.32. The minimum absolute atomic E-state index is 0.120. The molecular weight excluding hydrogens is 386 g/mol. The number of fused-ring (bicyclic) bond motifs is 5. The maximum Gasteiger partial charge on any atom is 0.338 e. The molecule has 3 fully saturated rings. The molecule has 0 spiro atoms. The van der Waals surface area contributed by atoms with E-state index in [1.165, 1.54) is 0 Å². The van der Waals surface area contributed by atoms with Gasteiger partial charge in [-0.1, -0.05) is 18.2 Å². The topological polar surface area (TPSA) is 72.5 Å². The molecule has 3 aliphatic heterocycles. The van der Waals surface area contributed by atoms with E-state index < -0.39 is 12.0 Å². The average molecular weight is 411 g/mol. The molecule has 2 amide bonds. The van der Waals surface area contributed by atoms with Crippen molar-refractivity contribution in [2.75, 3.05) is 18.9 Å². The Morgan fingerprint density at radius 1 is 1.03 bits per heavy atom. The number of nitrogens with one attached hydrogen (secondary N) is 1. The molecule has 3 saturated heterocycles. The second-order valence-corrected chi connectivity index (χ2v) is 8.18. The van der Waals surface area contributed by atoms with Crippen LogP contribution in [0.5, 0.6) is 11.5 Å². The van der Waals surface area contributed by atoms with Crippen molar-refractivity contribution < 1.29 is 23.7 Å². The molecule has 2 aromatic carbocycles. The smallest absolute Gasteiger partial charge is 0.338 e. The summed E-state index contributed by atoms with van der Waals surface area (Å²) in [5.41, 5.74) is 0.661. The number of rotatable bonds is 3. The SMILES string of the molecule is CN1C[C@H]2O[C@H]([C@@H]3OC(C)(C)O[C@@H]32)N1C(=O)Nc1ccc(Oc2ccccc2)cc1. The standard InChI is InChI=1S/C22H25N3O5/c1-22(2)29-18-17-13-24(3)25(20(28-17)19(18)30-22)21(26)23-14-9-11-16(12-10-14)27-15-7-5-4-6-8-15/h4-12,17-20H,13H2,1-3H3,(H,23,26)/t17-,18-,19-,20-/m1/s1. The van der Waals surface area contributed by atoms with E-state index >= 15 is 0 Å². The highest BCUT2D eigenvalue weighted by atomic mass is 16.8. The van der Waals surface area contributed by atoms with Gasteiger partial charge < -0.3 is 24.3 Å². The van der Waals surface area contributed by atoms with E-state index in [9.17, 15) is 4.79 Å². The minimum atomic E-state index is -0.678. The van der Waals surface area contributed by atoms with Crippen molar-refractivity contribution >= 4 is 11.7 Å². The lowest BCUT2D eigenvalue weighted by atomic mass is 10.1. The normalized spacial score (nSPS) is 29.5. The molecule has 30 heavy (non-hydrogen) atoms. The van der Waals surface area contributed by atoms with Crippen molar-refractivity contribution in [3.8, 4) is 11.5 Å². The first-order valence-corrected chi connectivity index (χ1v) is 10.0. The molecule has 3 heterocycles. The maximum atomic E-state index is 13.1. The fourth-order valence-corrected chi connectivity index (χ4v) is 4.23. The summed E-state index contributed by atoms with van der Waals surface area (Å²) in [6.07, 6.45) is -1.14. The predicted molar refractivity (Wildman–Crippen MR) is 109 cm³/mol. The number of benzene rings is 2. The summed E-state index contributed by atoms with van der Waals surface area (Å²) >= 11 is 0. The Labute approximate surface area is 175 Å². The van der Waals surface area contributed by atoms with Gasteiger partial charge in [0.05, 0.1) is 0 Å². The van der Waals surface area contributed by atoms with Crippen LogP contribution in [0.4, 0.5) is 10.5 Å². The number of anilines is 1. The molecule has 0 aromatic heterocycles. The average Bonchev–Trinajstić information content (AvgIpc) is 3.16. The summed E-state index contributed by atoms with van der Waals surface area (Å²) in [7, 11) is 1.87. The Balaban J connectivity index is 1.27. The Kier molecular flexibility index (Phi) is 4.67. The zero-order chi connectivity index (χ0) is 20.9. The van der Waals surface area contributed by atoms with Crippen molar-refractivity contribution in [1.29, 1.82) is 0 Å². The maximum absolute atomic E-state index is 13.1. The number of urea groups is 1. The van der Waals surface area contributed by atoms with Gasteiger partial charge in [-0.05, 0) is 50.2 Å². The molecule has 8 heteroatoms. The molecule has 2 aromatic rings. The van der Waals surface area contributed by atoms with Crippen molar-refractivity contribution in [1.82, 2.24) is 10.0 Å². The van der Waals surface area contributed by atoms with Crippen molar-refractivity contribution in [2.24, 2.45) is 0 Å². The molecule has 2 bridgehead atoms. The van der Waals surface area contributed by atoms with Crippen LogP contribution >= 0.6 is 0 Å². The van der Waals surface area contributed by atoms with Crippen molar-refractivity contribution in [3.63, 3.8) is 0 Å². The Hall–Kier alpha value is -2.65. The van der Waals surface area contributed by atoms with Crippen LogP contribution in [0.2, 0.25) is 0 Å². The van der Waals surface area contributed by atoms with Crippen LogP contribution in [-0.4, -0.2) is 60.0 Å². The monoisotopic (exact) mass is 411 g/mol. The van der Waals surface area contributed by atoms with E-state index in [2.05, 4.69) is 5.32 Å². The number of carbonyl (C=O) groups is 1. The number of ether oxygens (including phenoxy) is 4. The molecule has 3 aliphatic rings. The van der Waals surface area contributed by atoms with Gasteiger partial charge in [0, 0.05) is 19.3 Å². The molecule has 158 valence electrons. The third kappa shape index (κ3) is 3.52. The highest BCUT2D eigenvalue weighted by Gasteiger charge is 2.61. The molecular formula is C22H25N3O5. The highest BCUT2D eigenvalue weighted by Crippen LogP contribution is 2.42. The largest absolute Gasteiger partial charge is 0.457 e. The van der Waals surface area contributed by atoms with Gasteiger partial charge in [-0.3, -0.25) is 0 Å². The van der Waals surface area contributed by atoms with Crippen LogP contribution in [0, 0.1) is 0 Å². The van der Waals surface area contributed by atoms with E-state index in [1.54, 1.807) is 17.1 Å². The number of hydrogen-bond acceptors (Lipinski definition) is 6. The number of para-hydroxylation sites is 1. The van der Waals surface area contributed by atoms with Gasteiger partial charge in [0.25, 0.3) is 0 Å². The fourth-order valence-electron chi connectivity index (χ4n) is 4.23. The van der Waals surface area contributed by atoms with Gasteiger partial charge in [-0.25, -0.2) is 14.8 Å². The number of carbonyl (C=O) groups excluding carboxylic acids is 1. The van der Waals surface area contributed by atoms with Crippen molar-refractivity contribution in [2.45, 2.75) is 44.2 Å². The third-order valence-corrected chi connectivity index (χ3v) is 5.47. The number of nitrogens with zero attached hydrogens (tertiary/aromatic N) is 2. The van der Waals surface area contributed by atoms with Gasteiger partial charge in [0.1, 0.15) is 29.8 Å². The lowest BCUT2D eigenvalue weighted by Gasteiger charge is -2.42. The lowest BCUT2D eigenvalue weighted by Crippen LogP contribution is -2.59. The summed E-state index contributed by atoms with van der Waals surface area (Å²) < 4.78 is 23.9. The summed E-state index contributed by atoms with van der Waals surface area (Å²) in [5.74, 6) is 0.772. The molecule has 8 nitrogen and oxygen atoms in total. The Morgan fingerprint density at radius 2 is 1.70 bits per heavy atom. The van der Waals surface area contributed by atoms with Crippen LogP contribution in [0.15, 0.2) is 54.6 Å². The molecule has 0 radical (unpaired) electrons. The van der Waals surface area contributed by atoms with Gasteiger partial charge >= 0.3 is 6.03 Å². The summed E-state index contributed by atoms with van der Waals surface area (Å²) in [6, 6.07) is 16.5. The van der Waals surface area contributed by atoms with Crippen LogP contribution in [0.25, 0.3) is 0 Å². The third-order valence-electron chi connectivity index (χ3n) is 5.47. The second kappa shape index (κ2) is 7.24. The number of likely N-dealkylation sites (N-methyl/N-ethyl adjacent to an activating group) is 1. The number of hydrogen-bond donors (Lipinski definition) is 1. The molecule has 0 unspecified atom stereocenters. The predicted octanol–water partition coefficient (Wildman–Crippen LogP) is 3.42. The second-order valence-electron chi connectivity index (χ2n) is 8.18. The van der Waals surface area contributed by atoms with Crippen LogP contribution < -0.4 is 10.1 Å². The summed E-state index contributed by atoms with van der Waals surface area (Å²) in [4.78, 5) is 13.1. The Bertz CT molecular complexity index is 918. The van der Waals surface area contributed by atoms with Gasteiger partial charge in [-0.15, -0.1) is 0 Å². The highest BCUT2D eigenvalue weighted by molar-refractivity contribution is 5.89. The van der Waals surface area contributed by atoms with Crippen molar-refractivity contribution in [3.05, 3.63) is 54.6 Å². The molecule has 4 atom stereocenters. The van der Waals surface area contributed by atoms with E-state index in [0.717, 1.165) is 5.75 Å². The van der Waals surface area contributed by atoms with Gasteiger partial charge in [0.2, 0.25) is 0 Å². The lowest BCUT2D eigenvalue weighted by molar-refractivity contribution is -0.247. The Morgan fingerprint density at radius 3 is 2.43 bits per heavy atom. The van der Waals surface area contributed by atoms with Gasteiger partial charge in [-0.2, -0.15) is 0 Å². The van der Waals surface area contributed by atoms with E-state index in [1.807, 2.05) is 68.4 Å². The zero-order valence-corrected chi connectivity index (χ0v) is 17.1. The quantitative estimate of drug-likeness (QED) is 0.835. The van der Waals surface area contributed by atoms with E-state index in [4.69, 9.17) is 18.9 Å². The molecule has 1 N–H and O–H groups in total. The first kappa shape index (κ1) is 19.3. The van der Waals surface area contributed by atoms with Crippen LogP contribution in [-0.2, 0) is 14.2 Å². The fraction of sp³-hybridized carbons (Fsp3) is 0.409. The van der Waals surface area contributed by atoms with Crippen LogP contribution in [0.3, 0.4) is 0 Å².